The minimum absolute atomic E-state index is 0.608. The number of aryl methyl sites for hydroxylation is 1. The topological polar surface area (TPSA) is 42.9 Å². The first-order valence-electron chi connectivity index (χ1n) is 4.14. The van der Waals surface area contributed by atoms with E-state index in [0.29, 0.717) is 11.3 Å². The molecule has 14 heavy (non-hydrogen) atoms. The van der Waals surface area contributed by atoms with Crippen LogP contribution in [0, 0.1) is 6.92 Å². The number of carbonyl (C=O) groups is 1. The zero-order chi connectivity index (χ0) is 9.97. The molecule has 0 saturated carbocycles. The molecule has 0 bridgehead atoms. The Kier molecular flexibility index (Phi) is 2.37. The lowest BCUT2D eigenvalue weighted by Crippen LogP contribution is -1.88. The fourth-order valence-electron chi connectivity index (χ4n) is 1.19. The summed E-state index contributed by atoms with van der Waals surface area (Å²) in [5.41, 5.74) is 1.32. The fourth-order valence-corrected chi connectivity index (χ4v) is 1.99. The predicted octanol–water partition coefficient (Wildman–Crippen LogP) is 2.33. The van der Waals surface area contributed by atoms with Crippen molar-refractivity contribution < 1.29 is 4.79 Å². The molecule has 0 radical (unpaired) electrons. The van der Waals surface area contributed by atoms with E-state index in [1.165, 1.54) is 11.3 Å². The molecule has 0 aromatic carbocycles. The van der Waals surface area contributed by atoms with Crippen molar-refractivity contribution in [1.29, 1.82) is 0 Å². The van der Waals surface area contributed by atoms with Gasteiger partial charge in [0.15, 0.2) is 6.29 Å². The van der Waals surface area contributed by atoms with Crippen LogP contribution in [0.5, 0.6) is 0 Å². The average molecular weight is 204 g/mol. The molecule has 0 fully saturated rings. The van der Waals surface area contributed by atoms with Crippen LogP contribution in [0.25, 0.3) is 10.6 Å². The van der Waals surface area contributed by atoms with E-state index in [1.807, 2.05) is 6.92 Å². The number of aldehydes is 1. The number of aromatic nitrogens is 2. The van der Waals surface area contributed by atoms with E-state index < -0.39 is 0 Å². The first-order valence-corrected chi connectivity index (χ1v) is 4.96. The van der Waals surface area contributed by atoms with Crippen molar-refractivity contribution in [1.82, 2.24) is 9.97 Å². The maximum Gasteiger partial charge on any atom is 0.152 e. The van der Waals surface area contributed by atoms with Crippen molar-refractivity contribution >= 4 is 17.6 Å². The van der Waals surface area contributed by atoms with Crippen molar-refractivity contribution in [2.75, 3.05) is 0 Å². The minimum Gasteiger partial charge on any atom is -0.298 e. The Balaban J connectivity index is 2.55. The Labute approximate surface area is 85.5 Å². The summed E-state index contributed by atoms with van der Waals surface area (Å²) in [6.07, 6.45) is 4.24. The number of nitrogens with zero attached hydrogens (tertiary/aromatic N) is 2. The number of rotatable bonds is 2. The van der Waals surface area contributed by atoms with Crippen molar-refractivity contribution in [3.8, 4) is 10.6 Å². The van der Waals surface area contributed by atoms with E-state index in [4.69, 9.17) is 0 Å². The summed E-state index contributed by atoms with van der Waals surface area (Å²) in [5.74, 6) is 0. The van der Waals surface area contributed by atoms with Gasteiger partial charge in [-0.05, 0) is 19.1 Å². The molecule has 0 aliphatic rings. The lowest BCUT2D eigenvalue weighted by Gasteiger charge is -1.97. The molecule has 2 heterocycles. The Morgan fingerprint density at radius 2 is 2.29 bits per heavy atom. The third-order valence-corrected chi connectivity index (χ3v) is 2.74. The van der Waals surface area contributed by atoms with Crippen LogP contribution < -0.4 is 0 Å². The van der Waals surface area contributed by atoms with Crippen LogP contribution in [0.2, 0.25) is 0 Å². The molecule has 0 aliphatic carbocycles. The van der Waals surface area contributed by atoms with Gasteiger partial charge < -0.3 is 0 Å². The number of pyridine rings is 1. The van der Waals surface area contributed by atoms with E-state index in [1.54, 1.807) is 24.5 Å². The summed E-state index contributed by atoms with van der Waals surface area (Å²) < 4.78 is 0. The number of hydrogen-bond donors (Lipinski definition) is 0. The minimum atomic E-state index is 0.608. The van der Waals surface area contributed by atoms with Crippen LogP contribution in [0.4, 0.5) is 0 Å². The Bertz CT molecular complexity index is 465. The summed E-state index contributed by atoms with van der Waals surface area (Å²) in [7, 11) is 0. The SMILES string of the molecule is Cc1ncc(-c2ncccc2C=O)s1. The van der Waals surface area contributed by atoms with E-state index in [-0.39, 0.29) is 0 Å². The lowest BCUT2D eigenvalue weighted by molar-refractivity contribution is 0.112. The van der Waals surface area contributed by atoms with E-state index in [2.05, 4.69) is 9.97 Å². The monoisotopic (exact) mass is 204 g/mol. The van der Waals surface area contributed by atoms with Gasteiger partial charge in [-0.15, -0.1) is 11.3 Å². The van der Waals surface area contributed by atoms with Crippen molar-refractivity contribution in [2.45, 2.75) is 6.92 Å². The van der Waals surface area contributed by atoms with Gasteiger partial charge in [-0.2, -0.15) is 0 Å². The number of thiazole rings is 1. The highest BCUT2D eigenvalue weighted by Gasteiger charge is 2.07. The second kappa shape index (κ2) is 3.67. The van der Waals surface area contributed by atoms with Crippen LogP contribution in [0.15, 0.2) is 24.5 Å². The molecule has 0 unspecified atom stereocenters. The normalized spacial score (nSPS) is 10.1. The summed E-state index contributed by atoms with van der Waals surface area (Å²) in [5, 5.41) is 0.975. The first-order chi connectivity index (χ1) is 6.81. The maximum atomic E-state index is 10.8. The van der Waals surface area contributed by atoms with Gasteiger partial charge in [0.2, 0.25) is 0 Å². The highest BCUT2D eigenvalue weighted by Crippen LogP contribution is 2.25. The lowest BCUT2D eigenvalue weighted by atomic mass is 10.2. The van der Waals surface area contributed by atoms with Crippen LogP contribution in [0.3, 0.4) is 0 Å². The molecule has 3 nitrogen and oxygen atoms in total. The van der Waals surface area contributed by atoms with Gasteiger partial charge in [0, 0.05) is 18.0 Å². The molecule has 0 spiro atoms. The Morgan fingerprint density at radius 1 is 1.43 bits per heavy atom. The largest absolute Gasteiger partial charge is 0.298 e. The van der Waals surface area contributed by atoms with Gasteiger partial charge in [-0.1, -0.05) is 0 Å². The molecule has 2 rings (SSSR count). The van der Waals surface area contributed by atoms with E-state index in [9.17, 15) is 4.79 Å². The van der Waals surface area contributed by atoms with Crippen molar-refractivity contribution in [3.63, 3.8) is 0 Å². The smallest absolute Gasteiger partial charge is 0.152 e. The summed E-state index contributed by atoms with van der Waals surface area (Å²) in [4.78, 5) is 20.0. The molecular formula is C10H8N2OS. The maximum absolute atomic E-state index is 10.8. The van der Waals surface area contributed by atoms with Crippen LogP contribution in [0.1, 0.15) is 15.4 Å². The fraction of sp³-hybridized carbons (Fsp3) is 0.100. The third-order valence-electron chi connectivity index (χ3n) is 1.82. The first kappa shape index (κ1) is 9.02. The summed E-state index contributed by atoms with van der Waals surface area (Å²) in [6, 6.07) is 3.51. The second-order valence-electron chi connectivity index (χ2n) is 2.80. The molecule has 0 N–H and O–H groups in total. The number of carbonyl (C=O) groups excluding carboxylic acids is 1. The van der Waals surface area contributed by atoms with Crippen LogP contribution in [-0.2, 0) is 0 Å². The van der Waals surface area contributed by atoms with Crippen LogP contribution in [-0.4, -0.2) is 16.3 Å². The summed E-state index contributed by atoms with van der Waals surface area (Å²) in [6.45, 7) is 1.93. The van der Waals surface area contributed by atoms with Gasteiger partial charge >= 0.3 is 0 Å². The van der Waals surface area contributed by atoms with E-state index in [0.717, 1.165) is 16.2 Å². The third kappa shape index (κ3) is 1.56. The second-order valence-corrected chi connectivity index (χ2v) is 4.04. The van der Waals surface area contributed by atoms with Crippen molar-refractivity contribution in [3.05, 3.63) is 35.1 Å². The average Bonchev–Trinajstić information content (AvgIpc) is 2.65. The molecule has 2 aromatic heterocycles. The van der Waals surface area contributed by atoms with Gasteiger partial charge in [0.25, 0.3) is 0 Å². The van der Waals surface area contributed by atoms with Crippen LogP contribution >= 0.6 is 11.3 Å². The zero-order valence-electron chi connectivity index (χ0n) is 7.60. The molecule has 0 amide bonds. The molecule has 0 atom stereocenters. The molecular weight excluding hydrogens is 196 g/mol. The van der Waals surface area contributed by atoms with Crippen molar-refractivity contribution in [2.24, 2.45) is 0 Å². The molecule has 0 saturated heterocycles. The highest BCUT2D eigenvalue weighted by atomic mass is 32.1. The highest BCUT2D eigenvalue weighted by molar-refractivity contribution is 7.15. The van der Waals surface area contributed by atoms with E-state index >= 15 is 0 Å². The Morgan fingerprint density at radius 3 is 2.93 bits per heavy atom. The molecule has 70 valence electrons. The van der Waals surface area contributed by atoms with Gasteiger partial charge in [-0.25, -0.2) is 4.98 Å². The quantitative estimate of drug-likeness (QED) is 0.705. The molecule has 2 aromatic rings. The number of hydrogen-bond acceptors (Lipinski definition) is 4. The van der Waals surface area contributed by atoms with Gasteiger partial charge in [-0.3, -0.25) is 9.78 Å². The van der Waals surface area contributed by atoms with Gasteiger partial charge in [0.1, 0.15) is 0 Å². The van der Waals surface area contributed by atoms with Gasteiger partial charge in [0.05, 0.1) is 15.6 Å². The predicted molar refractivity (Wildman–Crippen MR) is 55.5 cm³/mol. The molecule has 0 aliphatic heterocycles. The zero-order valence-corrected chi connectivity index (χ0v) is 8.41. The molecule has 4 heteroatoms. The Hall–Kier alpha value is -1.55. The standard InChI is InChI=1S/C10H8N2OS/c1-7-12-5-9(14-7)10-8(6-13)3-2-4-11-10/h2-6H,1H3. The summed E-state index contributed by atoms with van der Waals surface area (Å²) >= 11 is 1.54.